The number of likely N-dealkylation sites (tertiary alicyclic amines) is 1. The predicted octanol–water partition coefficient (Wildman–Crippen LogP) is 3.77. The first-order valence-corrected chi connectivity index (χ1v) is 11.6. The third-order valence-corrected chi connectivity index (χ3v) is 8.33. The monoisotopic (exact) mass is 393 g/mol. The van der Waals surface area contributed by atoms with Crippen LogP contribution < -0.4 is 5.32 Å². The Labute approximate surface area is 163 Å². The summed E-state index contributed by atoms with van der Waals surface area (Å²) in [6, 6.07) is 4.29. The number of amides is 3. The van der Waals surface area contributed by atoms with Crippen LogP contribution in [0.1, 0.15) is 54.6 Å². The van der Waals surface area contributed by atoms with E-state index in [1.807, 2.05) is 34.2 Å². The highest BCUT2D eigenvalue weighted by atomic mass is 32.2. The summed E-state index contributed by atoms with van der Waals surface area (Å²) in [6.07, 6.45) is 7.71. The Morgan fingerprint density at radius 2 is 1.88 bits per heavy atom. The topological polar surface area (TPSA) is 52.7 Å². The number of rotatable bonds is 2. The molecule has 1 N–H and O–H groups in total. The van der Waals surface area contributed by atoms with Gasteiger partial charge in [-0.15, -0.1) is 23.1 Å². The number of urea groups is 1. The summed E-state index contributed by atoms with van der Waals surface area (Å²) in [4.78, 5) is 30.2. The fourth-order valence-corrected chi connectivity index (χ4v) is 6.54. The summed E-state index contributed by atoms with van der Waals surface area (Å²) in [5.41, 5.74) is 0. The lowest BCUT2D eigenvalue weighted by Crippen LogP contribution is -2.56. The van der Waals surface area contributed by atoms with Crippen LogP contribution in [0.3, 0.4) is 0 Å². The zero-order chi connectivity index (χ0) is 18.0. The van der Waals surface area contributed by atoms with Gasteiger partial charge in [-0.3, -0.25) is 4.79 Å². The first-order valence-electron chi connectivity index (χ1n) is 9.73. The summed E-state index contributed by atoms with van der Waals surface area (Å²) in [5.74, 6) is 1.15. The van der Waals surface area contributed by atoms with E-state index in [2.05, 4.69) is 10.2 Å². The molecule has 0 bridgehead atoms. The van der Waals surface area contributed by atoms with Crippen LogP contribution in [-0.2, 0) is 0 Å². The summed E-state index contributed by atoms with van der Waals surface area (Å²) < 4.78 is 0. The Hall–Kier alpha value is -1.21. The Balaban J connectivity index is 1.35. The van der Waals surface area contributed by atoms with Crippen molar-refractivity contribution in [2.24, 2.45) is 0 Å². The summed E-state index contributed by atoms with van der Waals surface area (Å²) in [7, 11) is 0. The van der Waals surface area contributed by atoms with Gasteiger partial charge in [-0.2, -0.15) is 0 Å². The Bertz CT molecular complexity index is 635. The molecule has 1 aromatic heterocycles. The Kier molecular flexibility index (Phi) is 5.45. The lowest BCUT2D eigenvalue weighted by atomic mass is 9.95. The summed E-state index contributed by atoms with van der Waals surface area (Å²) in [6.45, 7) is 2.29. The molecule has 142 valence electrons. The van der Waals surface area contributed by atoms with Crippen molar-refractivity contribution in [3.63, 3.8) is 0 Å². The minimum absolute atomic E-state index is 0.0888. The van der Waals surface area contributed by atoms with E-state index in [4.69, 9.17) is 0 Å². The van der Waals surface area contributed by atoms with Gasteiger partial charge in [-0.25, -0.2) is 4.79 Å². The molecule has 7 heteroatoms. The second-order valence-corrected chi connectivity index (χ2v) is 9.90. The van der Waals surface area contributed by atoms with Crippen molar-refractivity contribution in [1.29, 1.82) is 0 Å². The quantitative estimate of drug-likeness (QED) is 0.832. The maximum Gasteiger partial charge on any atom is 0.317 e. The van der Waals surface area contributed by atoms with Crippen LogP contribution in [0.15, 0.2) is 17.5 Å². The fraction of sp³-hybridized carbons (Fsp3) is 0.684. The van der Waals surface area contributed by atoms with Gasteiger partial charge in [0.2, 0.25) is 0 Å². The molecule has 3 fully saturated rings. The molecule has 3 heterocycles. The number of nitrogens with one attached hydrogen (secondary N) is 1. The molecule has 5 nitrogen and oxygen atoms in total. The molecule has 0 aromatic carbocycles. The van der Waals surface area contributed by atoms with E-state index < -0.39 is 0 Å². The molecule has 2 saturated heterocycles. The van der Waals surface area contributed by atoms with E-state index in [9.17, 15) is 9.59 Å². The molecular formula is C19H27N3O2S2. The highest BCUT2D eigenvalue weighted by Crippen LogP contribution is 2.44. The van der Waals surface area contributed by atoms with Gasteiger partial charge in [0, 0.05) is 31.4 Å². The van der Waals surface area contributed by atoms with Gasteiger partial charge in [0.05, 0.1) is 9.75 Å². The van der Waals surface area contributed by atoms with Gasteiger partial charge < -0.3 is 15.1 Å². The van der Waals surface area contributed by atoms with E-state index in [1.165, 1.54) is 30.6 Å². The number of nitrogens with zero attached hydrogens (tertiary/aromatic N) is 2. The van der Waals surface area contributed by atoms with Crippen LogP contribution in [0.4, 0.5) is 4.79 Å². The van der Waals surface area contributed by atoms with Crippen LogP contribution in [0.2, 0.25) is 0 Å². The zero-order valence-electron chi connectivity index (χ0n) is 15.1. The second-order valence-electron chi connectivity index (χ2n) is 7.50. The molecule has 26 heavy (non-hydrogen) atoms. The third-order valence-electron chi connectivity index (χ3n) is 5.92. The number of hydrogen-bond donors (Lipinski definition) is 1. The molecule has 1 aromatic rings. The van der Waals surface area contributed by atoms with E-state index >= 15 is 0 Å². The van der Waals surface area contributed by atoms with Crippen molar-refractivity contribution in [2.45, 2.75) is 55.9 Å². The highest BCUT2D eigenvalue weighted by molar-refractivity contribution is 8.00. The minimum Gasteiger partial charge on any atom is -0.335 e. The third kappa shape index (κ3) is 3.60. The van der Waals surface area contributed by atoms with Gasteiger partial charge >= 0.3 is 6.03 Å². The summed E-state index contributed by atoms with van der Waals surface area (Å²) >= 11 is 3.42. The summed E-state index contributed by atoms with van der Waals surface area (Å²) in [5, 5.41) is 5.18. The molecule has 2 aliphatic heterocycles. The van der Waals surface area contributed by atoms with Crippen LogP contribution in [0.5, 0.6) is 0 Å². The average Bonchev–Trinajstić information content (AvgIpc) is 3.33. The number of thioether (sulfide) groups is 1. The maximum atomic E-state index is 12.9. The van der Waals surface area contributed by atoms with Crippen molar-refractivity contribution in [3.8, 4) is 0 Å². The lowest BCUT2D eigenvalue weighted by Gasteiger charge is -2.44. The largest absolute Gasteiger partial charge is 0.335 e. The number of carbonyl (C=O) groups is 2. The Morgan fingerprint density at radius 1 is 1.12 bits per heavy atom. The number of carbonyl (C=O) groups excluding carboxylic acids is 2. The van der Waals surface area contributed by atoms with Crippen molar-refractivity contribution >= 4 is 35.0 Å². The molecule has 1 spiro atoms. The van der Waals surface area contributed by atoms with Crippen LogP contribution in [0, 0.1) is 0 Å². The van der Waals surface area contributed by atoms with Gasteiger partial charge in [-0.05, 0) is 37.1 Å². The normalized spacial score (nSPS) is 23.4. The van der Waals surface area contributed by atoms with Crippen molar-refractivity contribution in [1.82, 2.24) is 15.1 Å². The number of thiophene rings is 1. The van der Waals surface area contributed by atoms with Crippen molar-refractivity contribution < 1.29 is 9.59 Å². The Morgan fingerprint density at radius 3 is 2.58 bits per heavy atom. The van der Waals surface area contributed by atoms with Crippen molar-refractivity contribution in [2.75, 3.05) is 25.4 Å². The number of hydrogen-bond acceptors (Lipinski definition) is 4. The van der Waals surface area contributed by atoms with Gasteiger partial charge in [0.25, 0.3) is 5.91 Å². The molecule has 4 rings (SSSR count). The smallest absolute Gasteiger partial charge is 0.317 e. The maximum absolute atomic E-state index is 12.9. The first-order chi connectivity index (χ1) is 12.7. The number of piperidine rings is 1. The molecular weight excluding hydrogens is 366 g/mol. The van der Waals surface area contributed by atoms with Crippen LogP contribution >= 0.6 is 23.1 Å². The van der Waals surface area contributed by atoms with Gasteiger partial charge in [0.1, 0.15) is 0 Å². The van der Waals surface area contributed by atoms with Crippen LogP contribution in [-0.4, -0.2) is 58.0 Å². The SMILES string of the molecule is O=C(NC1CCCCC1)N1CCC2(CC1)SCCN2C(=O)c1cccs1. The molecule has 3 amide bonds. The van der Waals surface area contributed by atoms with E-state index in [-0.39, 0.29) is 16.8 Å². The fourth-order valence-electron chi connectivity index (χ4n) is 4.41. The average molecular weight is 394 g/mol. The van der Waals surface area contributed by atoms with E-state index in [0.717, 1.165) is 55.9 Å². The standard InChI is InChI=1S/C19H27N3O2S2/c23-17(16-7-4-13-25-16)22-12-14-26-19(22)8-10-21(11-9-19)18(24)20-15-5-2-1-3-6-15/h4,7,13,15H,1-3,5-6,8-12,14H2,(H,20,24). The molecule has 1 saturated carbocycles. The second kappa shape index (κ2) is 7.80. The molecule has 0 atom stereocenters. The zero-order valence-corrected chi connectivity index (χ0v) is 16.7. The molecule has 0 unspecified atom stereocenters. The van der Waals surface area contributed by atoms with Crippen LogP contribution in [0.25, 0.3) is 0 Å². The highest BCUT2D eigenvalue weighted by Gasteiger charge is 2.47. The predicted molar refractivity (Wildman–Crippen MR) is 107 cm³/mol. The van der Waals surface area contributed by atoms with E-state index in [1.54, 1.807) is 0 Å². The minimum atomic E-state index is -0.122. The van der Waals surface area contributed by atoms with Gasteiger partial charge in [-0.1, -0.05) is 25.3 Å². The van der Waals surface area contributed by atoms with Gasteiger partial charge in [0.15, 0.2) is 0 Å². The molecule has 1 aliphatic carbocycles. The molecule has 3 aliphatic rings. The van der Waals surface area contributed by atoms with Crippen molar-refractivity contribution in [3.05, 3.63) is 22.4 Å². The molecule has 0 radical (unpaired) electrons. The van der Waals surface area contributed by atoms with E-state index in [0.29, 0.717) is 6.04 Å². The lowest BCUT2D eigenvalue weighted by molar-refractivity contribution is 0.0584. The first kappa shape index (κ1) is 18.2.